The van der Waals surface area contributed by atoms with Gasteiger partial charge in [0, 0.05) is 148 Å². The van der Waals surface area contributed by atoms with E-state index < -0.39 is 123 Å². The highest BCUT2D eigenvalue weighted by Crippen LogP contribution is 2.40. The smallest absolute Gasteiger partial charge is 0.407 e. The summed E-state index contributed by atoms with van der Waals surface area (Å²) < 4.78 is 73.2. The minimum Gasteiger partial charge on any atom is -0.466 e. The van der Waals surface area contributed by atoms with E-state index in [1.54, 1.807) is 39.9 Å². The van der Waals surface area contributed by atoms with Gasteiger partial charge in [0.25, 0.3) is 0 Å². The number of esters is 2. The van der Waals surface area contributed by atoms with Crippen LogP contribution in [0, 0.1) is 23.2 Å². The van der Waals surface area contributed by atoms with Gasteiger partial charge in [0.15, 0.2) is 24.7 Å². The van der Waals surface area contributed by atoms with Crippen molar-refractivity contribution in [2.24, 2.45) is 23.2 Å². The zero-order valence-electron chi connectivity index (χ0n) is 79.3. The summed E-state index contributed by atoms with van der Waals surface area (Å²) in [7, 11) is 3.24. The molecule has 0 spiro atoms. The van der Waals surface area contributed by atoms with Gasteiger partial charge in [-0.1, -0.05) is 78.6 Å². The van der Waals surface area contributed by atoms with Gasteiger partial charge in [0.05, 0.1) is 116 Å². The number of hydrogen-bond donors (Lipinski definition) is 13. The largest absolute Gasteiger partial charge is 0.466 e. The third-order valence-corrected chi connectivity index (χ3v) is 24.9. The second-order valence-corrected chi connectivity index (χ2v) is 35.8. The van der Waals surface area contributed by atoms with Gasteiger partial charge >= 0.3 is 18.0 Å². The standard InChI is InChI=1S/C94H167N5O32/c1-67-84(112)87(115)77(62-100)129-90(67)125-50-23-31-71(103)29-15-9-6-14-22-46-98-93(118)128-55-28-43-94(41-26-53-123-82(110)35-16-10-7-12-20-44-95-47-39-72(104)32-24-51-126-91-68(2)85(113)88(116)78(63-101)130-91,42-27-54-124-83(111)36-17-11-8-13-21-45-96-48-40-73(105)33-25-52-127-92-69(3)86(114)89(117)79(64-102)131-92)60-74(106)37-38-80(108)97-49-56-121-57-58-122-66-75(107)30-18-19-34-81(109)99-61-76(120-5)59-70(99)65-119-4/h67-70,76-79,84-92,95-96,100-102,112-117H,6-66H2,1-5H3,(H,97,108)(H,98,118)/t67?,68?,69?,70-,76+,77?,78?,79?,84?,85?,86?,87?,88?,89?,90?,91?,92?,94?/m1/s1. The molecule has 760 valence electrons. The first-order valence-corrected chi connectivity index (χ1v) is 48.9. The Morgan fingerprint density at radius 2 is 0.779 bits per heavy atom. The molecule has 17 atom stereocenters. The zero-order chi connectivity index (χ0) is 95.8. The van der Waals surface area contributed by atoms with Crippen LogP contribution >= 0.6 is 0 Å². The number of aliphatic hydroxyl groups is 9. The van der Waals surface area contributed by atoms with Gasteiger partial charge in [0.2, 0.25) is 11.8 Å². The van der Waals surface area contributed by atoms with Crippen molar-refractivity contribution in [3.63, 3.8) is 0 Å². The summed E-state index contributed by atoms with van der Waals surface area (Å²) in [6.45, 7) is 8.90. The Hall–Kier alpha value is -5.34. The Labute approximate surface area is 776 Å². The van der Waals surface area contributed by atoms with E-state index in [2.05, 4.69) is 21.3 Å². The summed E-state index contributed by atoms with van der Waals surface area (Å²) in [6, 6.07) is -0.0344. The maximum absolute atomic E-state index is 14.3. The monoisotopic (exact) mass is 1880 g/mol. The fraction of sp³-hybridized carbons (Fsp3) is 0.894. The van der Waals surface area contributed by atoms with Crippen LogP contribution in [-0.2, 0) is 105 Å². The van der Waals surface area contributed by atoms with E-state index in [1.165, 1.54) is 0 Å². The molecule has 4 aliphatic rings. The highest BCUT2D eigenvalue weighted by molar-refractivity contribution is 5.85. The number of carbonyl (C=O) groups is 10. The summed E-state index contributed by atoms with van der Waals surface area (Å²) in [5, 5.41) is 102. The lowest BCUT2D eigenvalue weighted by Crippen LogP contribution is -2.55. The van der Waals surface area contributed by atoms with E-state index in [0.717, 1.165) is 90.1 Å². The summed E-state index contributed by atoms with van der Waals surface area (Å²) in [6.07, 6.45) is 7.83. The Morgan fingerprint density at radius 3 is 1.24 bits per heavy atom. The predicted molar refractivity (Wildman–Crippen MR) is 481 cm³/mol. The summed E-state index contributed by atoms with van der Waals surface area (Å²) in [4.78, 5) is 132. The number of ketones is 5. The molecule has 4 saturated heterocycles. The average molecular weight is 1880 g/mol. The Kier molecular flexibility index (Phi) is 64.9. The van der Waals surface area contributed by atoms with Crippen molar-refractivity contribution in [3.05, 3.63) is 0 Å². The van der Waals surface area contributed by atoms with Crippen molar-refractivity contribution in [1.82, 2.24) is 26.2 Å². The van der Waals surface area contributed by atoms with Crippen molar-refractivity contribution in [3.8, 4) is 0 Å². The maximum atomic E-state index is 14.3. The molecule has 0 bridgehead atoms. The number of ether oxygens (including phenoxy) is 13. The first kappa shape index (κ1) is 118. The number of aliphatic hydroxyl groups excluding tert-OH is 9. The Bertz CT molecular complexity index is 3010. The number of carbonyl (C=O) groups excluding carboxylic acids is 10. The van der Waals surface area contributed by atoms with Crippen LogP contribution < -0.4 is 21.3 Å². The molecule has 15 unspecified atom stereocenters. The number of unbranched alkanes of at least 4 members (excludes halogenated alkanes) is 13. The molecule has 131 heavy (non-hydrogen) atoms. The first-order valence-electron chi connectivity index (χ1n) is 48.9. The number of rotatable bonds is 81. The predicted octanol–water partition coefficient (Wildman–Crippen LogP) is 5.71. The molecule has 4 rings (SSSR count). The number of hydrogen-bond acceptors (Lipinski definition) is 34. The molecule has 3 amide bonds. The SMILES string of the molecule is COC[C@H]1C[C@H](OC)CN1C(=O)CCCCC(=O)COCCOCCNC(=O)CCC(=O)CC(CCCOC(=O)CCCCCCCNCCC(=O)CCCOC1OC(CO)C(O)C(O)C1C)(CCCOC(=O)CCCCCCCNCCC(=O)CCCOC1OC(CO)C(O)C(O)C1C)CCCOC(=O)NCCCCCCCC(=O)CCCOC1OC(CO)C(O)C(O)C1C. The lowest BCUT2D eigenvalue weighted by atomic mass is 9.71. The van der Waals surface area contributed by atoms with Crippen molar-refractivity contribution in [2.45, 2.75) is 364 Å². The molecule has 4 fully saturated rings. The second kappa shape index (κ2) is 72.0. The van der Waals surface area contributed by atoms with Crippen LogP contribution in [0.15, 0.2) is 0 Å². The van der Waals surface area contributed by atoms with Crippen molar-refractivity contribution in [2.75, 3.05) is 153 Å². The highest BCUT2D eigenvalue weighted by atomic mass is 16.7. The zero-order valence-corrected chi connectivity index (χ0v) is 79.3. The fourth-order valence-electron chi connectivity index (χ4n) is 16.7. The Balaban J connectivity index is 1.25. The minimum atomic E-state index is -1.22. The van der Waals surface area contributed by atoms with Crippen LogP contribution in [0.2, 0.25) is 0 Å². The summed E-state index contributed by atoms with van der Waals surface area (Å²) in [5.74, 6) is -2.59. The maximum Gasteiger partial charge on any atom is 0.407 e. The van der Waals surface area contributed by atoms with Gasteiger partial charge in [-0.15, -0.1) is 0 Å². The Morgan fingerprint density at radius 1 is 0.374 bits per heavy atom. The number of alkyl carbamates (subject to hydrolysis) is 1. The van der Waals surface area contributed by atoms with Crippen LogP contribution in [0.4, 0.5) is 4.79 Å². The lowest BCUT2D eigenvalue weighted by Gasteiger charge is -2.40. The molecule has 0 aromatic heterocycles. The van der Waals surface area contributed by atoms with E-state index in [0.29, 0.717) is 174 Å². The number of methoxy groups -OCH3 is 2. The van der Waals surface area contributed by atoms with Crippen LogP contribution in [0.3, 0.4) is 0 Å². The molecule has 37 nitrogen and oxygen atoms in total. The third-order valence-electron chi connectivity index (χ3n) is 24.9. The van der Waals surface area contributed by atoms with E-state index in [-0.39, 0.29) is 176 Å². The molecule has 13 N–H and O–H groups in total. The topological polar surface area (TPSA) is 524 Å². The molecular formula is C94H167N5O32. The molecule has 0 aromatic carbocycles. The van der Waals surface area contributed by atoms with Crippen molar-refractivity contribution < 1.29 is 155 Å². The van der Waals surface area contributed by atoms with Gasteiger partial charge in [-0.05, 0) is 134 Å². The van der Waals surface area contributed by atoms with Crippen molar-refractivity contribution >= 4 is 58.8 Å². The fourth-order valence-corrected chi connectivity index (χ4v) is 16.7. The molecule has 4 heterocycles. The normalized spacial score (nSPS) is 24.3. The molecule has 0 saturated carbocycles. The quantitative estimate of drug-likeness (QED) is 0.0197. The molecule has 0 radical (unpaired) electrons. The molecular weight excluding hydrogens is 1710 g/mol. The average Bonchev–Trinajstić information content (AvgIpc) is 1.77. The van der Waals surface area contributed by atoms with Gasteiger partial charge in [-0.2, -0.15) is 0 Å². The van der Waals surface area contributed by atoms with E-state index >= 15 is 0 Å². The molecule has 0 aromatic rings. The van der Waals surface area contributed by atoms with Gasteiger partial charge in [-0.3, -0.25) is 43.2 Å². The van der Waals surface area contributed by atoms with E-state index in [1.807, 2.05) is 0 Å². The van der Waals surface area contributed by atoms with Crippen LogP contribution in [0.1, 0.15) is 278 Å². The third kappa shape index (κ3) is 51.1. The summed E-state index contributed by atoms with van der Waals surface area (Å²) >= 11 is 0. The number of likely N-dealkylation sites (tertiary alicyclic amines) is 1. The molecule has 4 aliphatic heterocycles. The summed E-state index contributed by atoms with van der Waals surface area (Å²) in [5.41, 5.74) is -0.750. The van der Waals surface area contributed by atoms with E-state index in [4.69, 9.17) is 61.6 Å². The van der Waals surface area contributed by atoms with Gasteiger partial charge < -0.3 is 134 Å². The van der Waals surface area contributed by atoms with Gasteiger partial charge in [-0.25, -0.2) is 4.79 Å². The molecule has 0 aliphatic carbocycles. The lowest BCUT2D eigenvalue weighted by molar-refractivity contribution is -0.282. The van der Waals surface area contributed by atoms with Gasteiger partial charge in [0.1, 0.15) is 66.4 Å². The van der Waals surface area contributed by atoms with Crippen molar-refractivity contribution in [1.29, 1.82) is 0 Å². The number of nitrogens with zero attached hydrogens (tertiary/aromatic N) is 1. The number of amides is 3. The first-order chi connectivity index (χ1) is 63.2. The minimum absolute atomic E-state index is 0.0152. The molecule has 37 heteroatoms. The van der Waals surface area contributed by atoms with Crippen LogP contribution in [0.25, 0.3) is 0 Å². The number of nitrogens with one attached hydrogen (secondary N) is 4. The van der Waals surface area contributed by atoms with Crippen LogP contribution in [0.5, 0.6) is 0 Å². The second-order valence-electron chi connectivity index (χ2n) is 35.8. The number of Topliss-reactive ketones (excluding diaryl/α,β-unsaturated/α-hetero) is 5. The highest BCUT2D eigenvalue weighted by Gasteiger charge is 2.46. The van der Waals surface area contributed by atoms with E-state index in [9.17, 15) is 93.9 Å². The van der Waals surface area contributed by atoms with Crippen LogP contribution in [-0.4, -0.2) is 348 Å².